The number of fused-ring (bicyclic) bond motifs is 1. The van der Waals surface area contributed by atoms with Gasteiger partial charge in [-0.25, -0.2) is 0 Å². The zero-order chi connectivity index (χ0) is 18.1. The first kappa shape index (κ1) is 16.6. The van der Waals surface area contributed by atoms with Crippen molar-refractivity contribution < 1.29 is 4.79 Å². The van der Waals surface area contributed by atoms with Crippen LogP contribution >= 0.6 is 11.6 Å². The molecule has 2 aliphatic carbocycles. The molecule has 0 spiro atoms. The molecular weight excluding hydrogens is 332 g/mol. The molecule has 4 unspecified atom stereocenters. The highest BCUT2D eigenvalue weighted by atomic mass is 35.5. The lowest BCUT2D eigenvalue weighted by molar-refractivity contribution is -0.110. The highest BCUT2D eigenvalue weighted by molar-refractivity contribution is 6.33. The van der Waals surface area contributed by atoms with Crippen molar-refractivity contribution in [3.63, 3.8) is 0 Å². The second-order valence-corrected chi connectivity index (χ2v) is 8.67. The summed E-state index contributed by atoms with van der Waals surface area (Å²) in [5.74, 6) is 0.117. The van der Waals surface area contributed by atoms with Crippen molar-refractivity contribution in [2.45, 2.75) is 44.0 Å². The molecule has 1 aromatic rings. The molecule has 1 N–H and O–H groups in total. The summed E-state index contributed by atoms with van der Waals surface area (Å²) >= 11 is 6.83. The molecule has 4 atom stereocenters. The fourth-order valence-corrected chi connectivity index (χ4v) is 5.42. The summed E-state index contributed by atoms with van der Waals surface area (Å²) in [5, 5.41) is 2.93. The number of rotatable bonds is 2. The Bertz CT molecular complexity index is 853. The molecule has 1 heterocycles. The van der Waals surface area contributed by atoms with Crippen LogP contribution in [0.2, 0.25) is 0 Å². The zero-order valence-corrected chi connectivity index (χ0v) is 15.7. The van der Waals surface area contributed by atoms with E-state index in [4.69, 9.17) is 11.6 Å². The Hall–Kier alpha value is -1.87. The molecule has 4 heteroatoms. The molecule has 0 saturated heterocycles. The minimum atomic E-state index is -0.423. The lowest BCUT2D eigenvalue weighted by Gasteiger charge is -2.53. The van der Waals surface area contributed by atoms with E-state index in [1.165, 1.54) is 5.56 Å². The molecule has 1 amide bonds. The van der Waals surface area contributed by atoms with E-state index in [2.05, 4.69) is 50.4 Å². The van der Waals surface area contributed by atoms with Crippen LogP contribution < -0.4 is 5.32 Å². The third-order valence-electron chi connectivity index (χ3n) is 6.64. The molecule has 1 aliphatic heterocycles. The average Bonchev–Trinajstić information content (AvgIpc) is 2.91. The number of aliphatic imine (C=N–C) groups is 1. The molecule has 1 aromatic carbocycles. The number of anilines is 1. The van der Waals surface area contributed by atoms with Gasteiger partial charge in [-0.1, -0.05) is 39.0 Å². The second kappa shape index (κ2) is 5.07. The van der Waals surface area contributed by atoms with Gasteiger partial charge in [0.25, 0.3) is 5.91 Å². The normalized spacial score (nSPS) is 34.9. The van der Waals surface area contributed by atoms with Crippen LogP contribution in [0.4, 0.5) is 5.69 Å². The van der Waals surface area contributed by atoms with Crippen molar-refractivity contribution in [3.05, 3.63) is 47.6 Å². The summed E-state index contributed by atoms with van der Waals surface area (Å²) in [6.45, 7) is 14.4. The largest absolute Gasteiger partial charge is 0.321 e. The van der Waals surface area contributed by atoms with Gasteiger partial charge in [0, 0.05) is 22.0 Å². The number of alkyl halides is 1. The Kier molecular flexibility index (Phi) is 3.37. The van der Waals surface area contributed by atoms with Crippen molar-refractivity contribution in [1.29, 1.82) is 0 Å². The van der Waals surface area contributed by atoms with Gasteiger partial charge in [-0.15, -0.1) is 18.2 Å². The maximum Gasteiger partial charge on any atom is 0.256 e. The molecular formula is C21H23ClN2O. The number of nitrogens with zero attached hydrogens (tertiary/aromatic N) is 1. The number of benzene rings is 1. The summed E-state index contributed by atoms with van der Waals surface area (Å²) in [5.41, 5.74) is 4.45. The number of carbonyl (C=O) groups is 1. The van der Waals surface area contributed by atoms with Crippen molar-refractivity contribution in [2.24, 2.45) is 16.3 Å². The average molecular weight is 355 g/mol. The van der Waals surface area contributed by atoms with Gasteiger partial charge in [0.15, 0.2) is 0 Å². The summed E-state index contributed by atoms with van der Waals surface area (Å²) < 4.78 is 0. The number of hydrogen-bond acceptors (Lipinski definition) is 2. The van der Waals surface area contributed by atoms with Gasteiger partial charge in [-0.2, -0.15) is 0 Å². The van der Waals surface area contributed by atoms with Gasteiger partial charge in [-0.05, 0) is 41.7 Å². The molecule has 3 aliphatic rings. The lowest BCUT2D eigenvalue weighted by atomic mass is 9.53. The van der Waals surface area contributed by atoms with E-state index in [0.717, 1.165) is 28.8 Å². The van der Waals surface area contributed by atoms with Gasteiger partial charge >= 0.3 is 0 Å². The van der Waals surface area contributed by atoms with Crippen molar-refractivity contribution in [2.75, 3.05) is 5.32 Å². The Balaban J connectivity index is 2.09. The van der Waals surface area contributed by atoms with E-state index in [1.807, 2.05) is 18.2 Å². The predicted octanol–water partition coefficient (Wildman–Crippen LogP) is 4.57. The van der Waals surface area contributed by atoms with Gasteiger partial charge in [0.2, 0.25) is 0 Å². The second-order valence-electron chi connectivity index (χ2n) is 8.15. The van der Waals surface area contributed by atoms with Crippen LogP contribution in [-0.2, 0) is 10.2 Å². The molecule has 1 saturated carbocycles. The SMILES string of the molecule is C=CC1(C)C(Cl)CC2C(=C3C(=O)Nc4cccc(c43)C2(C)C)C1N=C. The van der Waals surface area contributed by atoms with E-state index in [1.54, 1.807) is 0 Å². The van der Waals surface area contributed by atoms with Crippen LogP contribution in [0.25, 0.3) is 5.57 Å². The first-order valence-electron chi connectivity index (χ1n) is 8.70. The summed E-state index contributed by atoms with van der Waals surface area (Å²) in [7, 11) is 0. The first-order chi connectivity index (χ1) is 11.8. The number of carbonyl (C=O) groups excluding carboxylic acids is 1. The highest BCUT2D eigenvalue weighted by Crippen LogP contribution is 2.60. The Labute approximate surface area is 153 Å². The molecule has 1 fully saturated rings. The summed E-state index contributed by atoms with van der Waals surface area (Å²) in [6, 6.07) is 5.88. The van der Waals surface area contributed by atoms with Crippen molar-refractivity contribution >= 4 is 35.5 Å². The number of halogens is 1. The smallest absolute Gasteiger partial charge is 0.256 e. The minimum Gasteiger partial charge on any atom is -0.321 e. The fraction of sp³-hybridized carbons (Fsp3) is 0.429. The highest BCUT2D eigenvalue weighted by Gasteiger charge is 2.56. The molecule has 0 bridgehead atoms. The van der Waals surface area contributed by atoms with Gasteiger partial charge < -0.3 is 5.32 Å². The van der Waals surface area contributed by atoms with Crippen LogP contribution in [0.5, 0.6) is 0 Å². The first-order valence-corrected chi connectivity index (χ1v) is 9.13. The topological polar surface area (TPSA) is 41.5 Å². The molecule has 25 heavy (non-hydrogen) atoms. The quantitative estimate of drug-likeness (QED) is 0.471. The summed E-state index contributed by atoms with van der Waals surface area (Å²) in [4.78, 5) is 17.3. The van der Waals surface area contributed by atoms with Gasteiger partial charge in [0.05, 0.1) is 11.6 Å². The molecule has 4 rings (SSSR count). The van der Waals surface area contributed by atoms with Crippen molar-refractivity contribution in [1.82, 2.24) is 0 Å². The van der Waals surface area contributed by atoms with E-state index in [9.17, 15) is 4.79 Å². The van der Waals surface area contributed by atoms with Crippen LogP contribution in [0.1, 0.15) is 38.3 Å². The maximum absolute atomic E-state index is 12.9. The lowest BCUT2D eigenvalue weighted by Crippen LogP contribution is -2.52. The molecule has 0 aromatic heterocycles. The Morgan fingerprint density at radius 1 is 1.36 bits per heavy atom. The van der Waals surface area contributed by atoms with E-state index < -0.39 is 5.41 Å². The van der Waals surface area contributed by atoms with Crippen LogP contribution in [0.15, 0.2) is 41.4 Å². The van der Waals surface area contributed by atoms with E-state index >= 15 is 0 Å². The summed E-state index contributed by atoms with van der Waals surface area (Å²) in [6.07, 6.45) is 2.67. The van der Waals surface area contributed by atoms with Crippen LogP contribution in [0.3, 0.4) is 0 Å². The molecule has 0 radical (unpaired) electrons. The number of hydrogen-bond donors (Lipinski definition) is 1. The predicted molar refractivity (Wildman–Crippen MR) is 104 cm³/mol. The maximum atomic E-state index is 12.9. The van der Waals surface area contributed by atoms with Crippen LogP contribution in [-0.4, -0.2) is 24.0 Å². The third-order valence-corrected chi connectivity index (χ3v) is 7.29. The minimum absolute atomic E-state index is 0.0361. The zero-order valence-electron chi connectivity index (χ0n) is 14.9. The monoisotopic (exact) mass is 354 g/mol. The standard InChI is InChI=1S/C21H23ClN2O/c1-6-21(4)14(22)10-12-16(18(21)23-5)17-15-11(20(12,2)3)8-7-9-13(15)24-19(17)25/h6-9,12,14,18H,1,5,10H2,2-4H3,(H,24,25). The van der Waals surface area contributed by atoms with Crippen molar-refractivity contribution in [3.8, 4) is 0 Å². The van der Waals surface area contributed by atoms with E-state index in [0.29, 0.717) is 0 Å². The molecule has 130 valence electrons. The number of nitrogens with one attached hydrogen (secondary N) is 1. The molecule has 3 nitrogen and oxygen atoms in total. The van der Waals surface area contributed by atoms with Crippen LogP contribution in [0, 0.1) is 11.3 Å². The Morgan fingerprint density at radius 3 is 2.72 bits per heavy atom. The van der Waals surface area contributed by atoms with E-state index in [-0.39, 0.29) is 28.7 Å². The Morgan fingerprint density at radius 2 is 2.08 bits per heavy atom. The fourth-order valence-electron chi connectivity index (χ4n) is 5.04. The third kappa shape index (κ3) is 1.88. The number of amides is 1. The van der Waals surface area contributed by atoms with Gasteiger partial charge in [-0.3, -0.25) is 9.79 Å². The van der Waals surface area contributed by atoms with Gasteiger partial charge in [0.1, 0.15) is 0 Å².